The van der Waals surface area contributed by atoms with Crippen LogP contribution >= 0.6 is 0 Å². The molecule has 5 fully saturated rings. The quantitative estimate of drug-likeness (QED) is 0.0617. The van der Waals surface area contributed by atoms with Crippen molar-refractivity contribution in [1.82, 2.24) is 26.5 Å². The van der Waals surface area contributed by atoms with Gasteiger partial charge in [0.25, 0.3) is 0 Å². The van der Waals surface area contributed by atoms with E-state index in [4.69, 9.17) is 9.31 Å². The van der Waals surface area contributed by atoms with Crippen LogP contribution in [-0.2, 0) is 18.9 Å². The molecule has 2 aliphatic heterocycles. The lowest BCUT2D eigenvalue weighted by Gasteiger charge is -2.64. The first-order chi connectivity index (χ1) is 19.9. The molecule has 4 N–H and O–H groups in total. The molecule has 3 aliphatic carbocycles. The monoisotopic (exact) mass is 592 g/mol. The van der Waals surface area contributed by atoms with Gasteiger partial charge in [0.15, 0.2) is 5.03 Å². The molecule has 0 aromatic heterocycles. The van der Waals surface area contributed by atoms with Gasteiger partial charge in [-0.1, -0.05) is 60.3 Å². The minimum absolute atomic E-state index is 0.0230. The molecule has 1 unspecified atom stereocenters. The SMILES string of the molecule is CCCCCCCC(=O)N[C@@H](CCCNC1NN1[N+](=O)[O-])C(=O)N[C@@H](CC(C)C)B1O[C@@H]2C[C@@H]3C[C@@H](C3(C)C)[C@]2(C)O1. The van der Waals surface area contributed by atoms with Crippen molar-refractivity contribution in [2.24, 2.45) is 23.2 Å². The predicted octanol–water partition coefficient (Wildman–Crippen LogP) is 3.30. The van der Waals surface area contributed by atoms with E-state index in [-0.39, 0.29) is 34.9 Å². The normalized spacial score (nSPS) is 30.4. The van der Waals surface area contributed by atoms with Crippen LogP contribution in [0.15, 0.2) is 0 Å². The van der Waals surface area contributed by atoms with Crippen LogP contribution in [0.25, 0.3) is 0 Å². The highest BCUT2D eigenvalue weighted by Gasteiger charge is 2.68. The minimum atomic E-state index is -0.714. The summed E-state index contributed by atoms with van der Waals surface area (Å²) >= 11 is 0. The number of unbranched alkanes of at least 4 members (excludes halogenated alkanes) is 4. The van der Waals surface area contributed by atoms with Gasteiger partial charge in [-0.15, -0.1) is 5.43 Å². The highest BCUT2D eigenvalue weighted by atomic mass is 16.7. The summed E-state index contributed by atoms with van der Waals surface area (Å²) in [6, 6.07) is -0.714. The molecule has 2 amide bonds. The summed E-state index contributed by atoms with van der Waals surface area (Å²) in [7, 11) is -0.535. The molecule has 2 heterocycles. The average Bonchev–Trinajstić information content (AvgIpc) is 3.61. The summed E-state index contributed by atoms with van der Waals surface area (Å²) in [5, 5.41) is 20.4. The van der Waals surface area contributed by atoms with Gasteiger partial charge < -0.3 is 19.9 Å². The van der Waals surface area contributed by atoms with Crippen molar-refractivity contribution in [3.8, 4) is 0 Å². The largest absolute Gasteiger partial charge is 0.481 e. The maximum absolute atomic E-state index is 13.7. The number of nitro groups is 1. The van der Waals surface area contributed by atoms with Gasteiger partial charge in [0, 0.05) is 6.42 Å². The summed E-state index contributed by atoms with van der Waals surface area (Å²) in [6.45, 7) is 13.7. The Morgan fingerprint density at radius 3 is 2.50 bits per heavy atom. The third kappa shape index (κ3) is 7.57. The van der Waals surface area contributed by atoms with E-state index in [9.17, 15) is 19.7 Å². The summed E-state index contributed by atoms with van der Waals surface area (Å²) in [5.41, 5.74) is 2.47. The smallest absolute Gasteiger partial charge is 0.404 e. The first-order valence-electron chi connectivity index (χ1n) is 16.2. The number of nitrogens with zero attached hydrogens (tertiary/aromatic N) is 2. The number of carbonyl (C=O) groups is 2. The molecular formula is C29H53BN6O6. The lowest BCUT2D eigenvalue weighted by molar-refractivity contribution is -0.627. The topological polar surface area (TPSA) is 157 Å². The summed E-state index contributed by atoms with van der Waals surface area (Å²) in [6.07, 6.45) is 8.89. The maximum Gasteiger partial charge on any atom is 0.481 e. The average molecular weight is 593 g/mol. The number of amides is 2. The fourth-order valence-electron chi connectivity index (χ4n) is 7.44. The highest BCUT2D eigenvalue weighted by molar-refractivity contribution is 6.47. The van der Waals surface area contributed by atoms with Crippen molar-refractivity contribution >= 4 is 18.9 Å². The zero-order valence-electron chi connectivity index (χ0n) is 26.4. The van der Waals surface area contributed by atoms with Gasteiger partial charge in [0.1, 0.15) is 6.04 Å². The number of carbonyl (C=O) groups excluding carboxylic acids is 2. The van der Waals surface area contributed by atoms with Gasteiger partial charge >= 0.3 is 7.12 Å². The molecule has 0 radical (unpaired) electrons. The summed E-state index contributed by atoms with van der Waals surface area (Å²) < 4.78 is 13.2. The maximum atomic E-state index is 13.7. The summed E-state index contributed by atoms with van der Waals surface area (Å²) in [4.78, 5) is 37.4. The minimum Gasteiger partial charge on any atom is -0.404 e. The van der Waals surface area contributed by atoms with Crippen molar-refractivity contribution < 1.29 is 23.9 Å². The van der Waals surface area contributed by atoms with Gasteiger partial charge in [0.2, 0.25) is 18.1 Å². The number of hydrazine groups is 2. The molecule has 2 saturated heterocycles. The Morgan fingerprint density at radius 1 is 1.12 bits per heavy atom. The van der Waals surface area contributed by atoms with E-state index >= 15 is 0 Å². The standard InChI is InChI=1S/C29H53BN6O6/c1-7-8-9-10-11-14-25(37)32-21(13-12-15-31-27-34-35(27)36(39)40)26(38)33-24(16-19(2)3)30-41-23-18-20-17-22(28(20,4)5)29(23,6)42-30/h19-24,27,31,34H,7-18H2,1-6H3,(H,32,37)(H,33,38)/t20-,21-,22-,23+,24-,27?,29-,35?/m0/s1. The van der Waals surface area contributed by atoms with E-state index in [1.54, 1.807) is 0 Å². The molecule has 2 bridgehead atoms. The first kappa shape index (κ1) is 32.9. The predicted molar refractivity (Wildman–Crippen MR) is 160 cm³/mol. The molecule has 0 spiro atoms. The number of hydrogen-bond donors (Lipinski definition) is 4. The molecule has 7 atom stereocenters. The van der Waals surface area contributed by atoms with Crippen LogP contribution in [0.2, 0.25) is 0 Å². The molecule has 0 aromatic rings. The fourth-order valence-corrected chi connectivity index (χ4v) is 7.44. The van der Waals surface area contributed by atoms with Gasteiger partial charge in [-0.2, -0.15) is 0 Å². The third-order valence-electron chi connectivity index (χ3n) is 10.1. The lowest BCUT2D eigenvalue weighted by atomic mass is 9.43. The van der Waals surface area contributed by atoms with Crippen LogP contribution in [0.3, 0.4) is 0 Å². The van der Waals surface area contributed by atoms with E-state index < -0.39 is 24.5 Å². The second-order valence-corrected chi connectivity index (χ2v) is 14.1. The zero-order chi connectivity index (χ0) is 30.7. The van der Waals surface area contributed by atoms with E-state index in [1.807, 2.05) is 0 Å². The van der Waals surface area contributed by atoms with Crippen LogP contribution in [-0.4, -0.2) is 65.6 Å². The van der Waals surface area contributed by atoms with Gasteiger partial charge in [-0.05, 0) is 80.3 Å². The Hall–Kier alpha value is -1.96. The second-order valence-electron chi connectivity index (χ2n) is 14.1. The van der Waals surface area contributed by atoms with Gasteiger partial charge in [-0.25, -0.2) is 10.1 Å². The Kier molecular flexibility index (Phi) is 10.8. The Bertz CT molecular complexity index is 971. The van der Waals surface area contributed by atoms with Crippen LogP contribution in [0.4, 0.5) is 0 Å². The molecule has 42 heavy (non-hydrogen) atoms. The number of nitrogens with one attached hydrogen (secondary N) is 4. The Morgan fingerprint density at radius 2 is 1.86 bits per heavy atom. The van der Waals surface area contributed by atoms with Crippen molar-refractivity contribution in [3.63, 3.8) is 0 Å². The van der Waals surface area contributed by atoms with Crippen LogP contribution in [0, 0.1) is 33.3 Å². The first-order valence-corrected chi connectivity index (χ1v) is 16.2. The molecule has 0 aromatic carbocycles. The van der Waals surface area contributed by atoms with Gasteiger partial charge in [0.05, 0.1) is 17.6 Å². The van der Waals surface area contributed by atoms with E-state index in [2.05, 4.69) is 62.9 Å². The molecule has 12 nitrogen and oxygen atoms in total. The Balaban J connectivity index is 1.36. The molecular weight excluding hydrogens is 539 g/mol. The molecule has 5 rings (SSSR count). The lowest BCUT2D eigenvalue weighted by Crippen LogP contribution is -2.65. The zero-order valence-corrected chi connectivity index (χ0v) is 26.4. The van der Waals surface area contributed by atoms with Crippen molar-refractivity contribution in [3.05, 3.63) is 10.1 Å². The molecule has 5 aliphatic rings. The number of rotatable bonds is 18. The third-order valence-corrected chi connectivity index (χ3v) is 10.1. The van der Waals surface area contributed by atoms with Crippen molar-refractivity contribution in [2.45, 2.75) is 142 Å². The van der Waals surface area contributed by atoms with Crippen LogP contribution in [0.1, 0.15) is 112 Å². The number of hydrogen-bond acceptors (Lipinski definition) is 8. The molecule has 3 saturated carbocycles. The summed E-state index contributed by atoms with van der Waals surface area (Å²) in [5.74, 6) is 0.665. The second kappa shape index (κ2) is 13.8. The Labute approximate surface area is 251 Å². The molecule has 238 valence electrons. The van der Waals surface area contributed by atoms with E-state index in [0.29, 0.717) is 50.0 Å². The van der Waals surface area contributed by atoms with Crippen LogP contribution in [0.5, 0.6) is 0 Å². The highest BCUT2D eigenvalue weighted by Crippen LogP contribution is 2.65. The van der Waals surface area contributed by atoms with E-state index in [0.717, 1.165) is 50.1 Å². The van der Waals surface area contributed by atoms with Crippen molar-refractivity contribution in [2.75, 3.05) is 6.54 Å². The molecule has 13 heteroatoms. The van der Waals surface area contributed by atoms with E-state index in [1.165, 1.54) is 0 Å². The fraction of sp³-hybridized carbons (Fsp3) is 0.931. The van der Waals surface area contributed by atoms with Gasteiger partial charge in [-0.3, -0.25) is 14.9 Å². The van der Waals surface area contributed by atoms with Crippen LogP contribution < -0.4 is 21.4 Å². The van der Waals surface area contributed by atoms with Crippen molar-refractivity contribution in [1.29, 1.82) is 0 Å².